The Balaban J connectivity index is 1.36. The van der Waals surface area contributed by atoms with Crippen LogP contribution in [0.2, 0.25) is 0 Å². The molecule has 1 amide bonds. The maximum atomic E-state index is 12.4. The van der Waals surface area contributed by atoms with E-state index in [1.807, 2.05) is 18.3 Å². The van der Waals surface area contributed by atoms with E-state index in [4.69, 9.17) is 13.7 Å². The second-order valence-electron chi connectivity index (χ2n) is 5.65. The molecule has 0 bridgehead atoms. The Kier molecular flexibility index (Phi) is 4.69. The van der Waals surface area contributed by atoms with Gasteiger partial charge in [0.05, 0.1) is 12.8 Å². The van der Waals surface area contributed by atoms with Gasteiger partial charge in [-0.3, -0.25) is 9.48 Å². The van der Waals surface area contributed by atoms with E-state index in [0.29, 0.717) is 36.1 Å². The van der Waals surface area contributed by atoms with Gasteiger partial charge in [-0.1, -0.05) is 11.2 Å². The van der Waals surface area contributed by atoms with E-state index in [1.165, 1.54) is 12.3 Å². The van der Waals surface area contributed by atoms with Gasteiger partial charge in [0.15, 0.2) is 11.5 Å². The number of carbonyl (C=O) groups is 1. The molecule has 4 rings (SSSR count). The molecule has 0 fully saturated rings. The topological polar surface area (TPSA) is 95.3 Å². The minimum Gasteiger partial charge on any atom is -0.492 e. The first kappa shape index (κ1) is 16.6. The number of amides is 1. The summed E-state index contributed by atoms with van der Waals surface area (Å²) in [7, 11) is 0. The molecule has 8 heteroatoms. The summed E-state index contributed by atoms with van der Waals surface area (Å²) in [6.45, 7) is 1.10. The third kappa shape index (κ3) is 4.06. The van der Waals surface area contributed by atoms with Gasteiger partial charge in [-0.15, -0.1) is 0 Å². The molecular weight excluding hydrogens is 348 g/mol. The van der Waals surface area contributed by atoms with Gasteiger partial charge >= 0.3 is 0 Å². The first-order chi connectivity index (χ1) is 13.3. The number of carbonyl (C=O) groups excluding carboxylic acids is 1. The van der Waals surface area contributed by atoms with Crippen molar-refractivity contribution >= 4 is 11.6 Å². The Morgan fingerprint density at radius 1 is 1.15 bits per heavy atom. The first-order valence-electron chi connectivity index (χ1n) is 8.30. The summed E-state index contributed by atoms with van der Waals surface area (Å²) in [5, 5.41) is 10.7. The summed E-state index contributed by atoms with van der Waals surface area (Å²) < 4.78 is 17.9. The lowest BCUT2D eigenvalue weighted by Crippen LogP contribution is -2.12. The highest BCUT2D eigenvalue weighted by Crippen LogP contribution is 2.22. The predicted molar refractivity (Wildman–Crippen MR) is 96.3 cm³/mol. The van der Waals surface area contributed by atoms with Gasteiger partial charge in [-0.25, -0.2) is 0 Å². The number of benzene rings is 1. The van der Waals surface area contributed by atoms with Crippen molar-refractivity contribution in [2.24, 2.45) is 0 Å². The number of hydrogen-bond donors (Lipinski definition) is 1. The molecule has 3 heterocycles. The standard InChI is InChI=1S/C19H16N4O4/c24-19(16-13-18(27-22-16)17-6-2-10-26-17)21-14-4-1-5-15(12-14)25-11-9-23-8-3-7-20-23/h1-8,10,12-13H,9,11H2,(H,21,24). The van der Waals surface area contributed by atoms with Crippen LogP contribution in [0.1, 0.15) is 10.5 Å². The molecule has 0 unspecified atom stereocenters. The molecule has 136 valence electrons. The van der Waals surface area contributed by atoms with Crippen molar-refractivity contribution in [1.82, 2.24) is 14.9 Å². The molecule has 3 aromatic heterocycles. The molecule has 0 aliphatic rings. The zero-order valence-electron chi connectivity index (χ0n) is 14.2. The molecular formula is C19H16N4O4. The fourth-order valence-electron chi connectivity index (χ4n) is 2.47. The average molecular weight is 364 g/mol. The third-order valence-corrected chi connectivity index (χ3v) is 3.75. The molecule has 0 saturated carbocycles. The molecule has 1 N–H and O–H groups in total. The maximum absolute atomic E-state index is 12.4. The second-order valence-corrected chi connectivity index (χ2v) is 5.65. The number of furan rings is 1. The summed E-state index contributed by atoms with van der Waals surface area (Å²) in [5.41, 5.74) is 0.755. The van der Waals surface area contributed by atoms with Crippen LogP contribution >= 0.6 is 0 Å². The van der Waals surface area contributed by atoms with Crippen LogP contribution in [-0.4, -0.2) is 27.5 Å². The van der Waals surface area contributed by atoms with E-state index >= 15 is 0 Å². The molecule has 4 aromatic rings. The molecule has 0 radical (unpaired) electrons. The first-order valence-corrected chi connectivity index (χ1v) is 8.30. The van der Waals surface area contributed by atoms with Crippen molar-refractivity contribution in [3.05, 3.63) is 72.9 Å². The van der Waals surface area contributed by atoms with Gasteiger partial charge in [0.25, 0.3) is 5.91 Å². The molecule has 1 aromatic carbocycles. The molecule has 0 aliphatic heterocycles. The Bertz CT molecular complexity index is 1010. The number of nitrogens with zero attached hydrogens (tertiary/aromatic N) is 3. The van der Waals surface area contributed by atoms with Crippen molar-refractivity contribution < 1.29 is 18.5 Å². The van der Waals surface area contributed by atoms with Crippen LogP contribution in [0.5, 0.6) is 5.75 Å². The fraction of sp³-hybridized carbons (Fsp3) is 0.105. The average Bonchev–Trinajstić information content (AvgIpc) is 3.43. The van der Waals surface area contributed by atoms with E-state index in [0.717, 1.165) is 0 Å². The van der Waals surface area contributed by atoms with Crippen molar-refractivity contribution in [2.75, 3.05) is 11.9 Å². The Morgan fingerprint density at radius 2 is 2.11 bits per heavy atom. The normalized spacial score (nSPS) is 10.7. The summed E-state index contributed by atoms with van der Waals surface area (Å²) >= 11 is 0. The van der Waals surface area contributed by atoms with Crippen LogP contribution < -0.4 is 10.1 Å². The molecule has 0 atom stereocenters. The van der Waals surface area contributed by atoms with Gasteiger partial charge in [-0.05, 0) is 30.3 Å². The number of anilines is 1. The van der Waals surface area contributed by atoms with Crippen LogP contribution in [0.25, 0.3) is 11.5 Å². The summed E-state index contributed by atoms with van der Waals surface area (Å²) in [5.74, 6) is 1.16. The summed E-state index contributed by atoms with van der Waals surface area (Å²) in [4.78, 5) is 12.4. The minimum absolute atomic E-state index is 0.159. The van der Waals surface area contributed by atoms with Gasteiger partial charge < -0.3 is 19.0 Å². The maximum Gasteiger partial charge on any atom is 0.277 e. The molecule has 0 spiro atoms. The van der Waals surface area contributed by atoms with Crippen molar-refractivity contribution in [1.29, 1.82) is 0 Å². The largest absolute Gasteiger partial charge is 0.492 e. The zero-order chi connectivity index (χ0) is 18.5. The van der Waals surface area contributed by atoms with E-state index < -0.39 is 0 Å². The van der Waals surface area contributed by atoms with Crippen molar-refractivity contribution in [3.63, 3.8) is 0 Å². The highest BCUT2D eigenvalue weighted by atomic mass is 16.5. The van der Waals surface area contributed by atoms with E-state index in [9.17, 15) is 4.79 Å². The van der Waals surface area contributed by atoms with Gasteiger partial charge in [0.2, 0.25) is 5.76 Å². The quantitative estimate of drug-likeness (QED) is 0.539. The Morgan fingerprint density at radius 3 is 2.93 bits per heavy atom. The number of nitrogens with one attached hydrogen (secondary N) is 1. The Hall–Kier alpha value is -3.81. The highest BCUT2D eigenvalue weighted by molar-refractivity contribution is 6.03. The summed E-state index contributed by atoms with van der Waals surface area (Å²) in [6, 6.07) is 14.0. The SMILES string of the molecule is O=C(Nc1cccc(OCCn2cccn2)c1)c1cc(-c2ccco2)on1. The zero-order valence-corrected chi connectivity index (χ0v) is 14.2. The van der Waals surface area contributed by atoms with Crippen LogP contribution in [-0.2, 0) is 6.54 Å². The van der Waals surface area contributed by atoms with Gasteiger partial charge in [0.1, 0.15) is 12.4 Å². The van der Waals surface area contributed by atoms with E-state index in [2.05, 4.69) is 15.6 Å². The molecule has 0 aliphatic carbocycles. The number of aromatic nitrogens is 3. The van der Waals surface area contributed by atoms with Crippen LogP contribution in [0.15, 0.2) is 76.1 Å². The monoisotopic (exact) mass is 364 g/mol. The summed E-state index contributed by atoms with van der Waals surface area (Å²) in [6.07, 6.45) is 5.11. The fourth-order valence-corrected chi connectivity index (χ4v) is 2.47. The van der Waals surface area contributed by atoms with E-state index in [-0.39, 0.29) is 11.6 Å². The predicted octanol–water partition coefficient (Wildman–Crippen LogP) is 3.46. The molecule has 0 saturated heterocycles. The van der Waals surface area contributed by atoms with Crippen LogP contribution in [0.3, 0.4) is 0 Å². The van der Waals surface area contributed by atoms with Gasteiger partial charge in [0, 0.05) is 30.2 Å². The van der Waals surface area contributed by atoms with Crippen LogP contribution in [0, 0.1) is 0 Å². The Labute approximate surface area is 154 Å². The minimum atomic E-state index is -0.384. The smallest absolute Gasteiger partial charge is 0.277 e. The molecule has 27 heavy (non-hydrogen) atoms. The third-order valence-electron chi connectivity index (χ3n) is 3.75. The lowest BCUT2D eigenvalue weighted by molar-refractivity contribution is 0.101. The lowest BCUT2D eigenvalue weighted by atomic mass is 10.2. The van der Waals surface area contributed by atoms with Crippen molar-refractivity contribution in [2.45, 2.75) is 6.54 Å². The number of hydrogen-bond acceptors (Lipinski definition) is 6. The molecule has 8 nitrogen and oxygen atoms in total. The second kappa shape index (κ2) is 7.61. The lowest BCUT2D eigenvalue weighted by Gasteiger charge is -2.08. The number of rotatable bonds is 7. The van der Waals surface area contributed by atoms with Gasteiger partial charge in [-0.2, -0.15) is 5.10 Å². The van der Waals surface area contributed by atoms with Crippen molar-refractivity contribution in [3.8, 4) is 17.3 Å². The number of ether oxygens (including phenoxy) is 1. The van der Waals surface area contributed by atoms with E-state index in [1.54, 1.807) is 41.2 Å². The van der Waals surface area contributed by atoms with Crippen LogP contribution in [0.4, 0.5) is 5.69 Å². The highest BCUT2D eigenvalue weighted by Gasteiger charge is 2.15.